The van der Waals surface area contributed by atoms with Crippen molar-refractivity contribution in [2.24, 2.45) is 0 Å². The van der Waals surface area contributed by atoms with E-state index < -0.39 is 0 Å². The third kappa shape index (κ3) is 3.59. The number of carbonyl (C=O) groups excluding carboxylic acids is 1. The van der Waals surface area contributed by atoms with E-state index in [0.29, 0.717) is 11.3 Å². The fourth-order valence-corrected chi connectivity index (χ4v) is 3.59. The largest absolute Gasteiger partial charge is 0.399 e. The zero-order valence-corrected chi connectivity index (χ0v) is 15.5. The van der Waals surface area contributed by atoms with E-state index in [2.05, 4.69) is 22.2 Å². The van der Waals surface area contributed by atoms with Crippen molar-refractivity contribution in [2.75, 3.05) is 49.2 Å². The van der Waals surface area contributed by atoms with Gasteiger partial charge in [-0.15, -0.1) is 0 Å². The molecule has 0 bridgehead atoms. The Morgan fingerprint density at radius 3 is 2.52 bits per heavy atom. The Morgan fingerprint density at radius 2 is 1.70 bits per heavy atom. The molecule has 0 saturated carbocycles. The van der Waals surface area contributed by atoms with Crippen LogP contribution in [0.25, 0.3) is 10.8 Å². The topological polar surface area (TPSA) is 61.6 Å². The molecular weight excluding hydrogens is 336 g/mol. The molecule has 3 N–H and O–H groups in total. The summed E-state index contributed by atoms with van der Waals surface area (Å²) in [5.41, 5.74) is 9.09. The summed E-state index contributed by atoms with van der Waals surface area (Å²) in [6.45, 7) is 3.86. The summed E-state index contributed by atoms with van der Waals surface area (Å²) in [6.07, 6.45) is 0. The first-order chi connectivity index (χ1) is 13.1. The first kappa shape index (κ1) is 17.4. The number of benzene rings is 3. The van der Waals surface area contributed by atoms with Crippen molar-refractivity contribution in [1.82, 2.24) is 4.90 Å². The zero-order valence-electron chi connectivity index (χ0n) is 15.5. The number of rotatable bonds is 3. The highest BCUT2D eigenvalue weighted by atomic mass is 16.1. The van der Waals surface area contributed by atoms with Gasteiger partial charge in [-0.25, -0.2) is 0 Å². The fourth-order valence-electron chi connectivity index (χ4n) is 3.59. The van der Waals surface area contributed by atoms with E-state index in [9.17, 15) is 4.79 Å². The molecule has 5 nitrogen and oxygen atoms in total. The number of fused-ring (bicyclic) bond motifs is 1. The highest BCUT2D eigenvalue weighted by Crippen LogP contribution is 2.30. The number of amides is 1. The molecule has 1 aliphatic rings. The van der Waals surface area contributed by atoms with Gasteiger partial charge in [0.25, 0.3) is 5.91 Å². The lowest BCUT2D eigenvalue weighted by Gasteiger charge is -2.35. The van der Waals surface area contributed by atoms with Gasteiger partial charge in [0.1, 0.15) is 0 Å². The van der Waals surface area contributed by atoms with Crippen molar-refractivity contribution in [3.05, 3.63) is 66.2 Å². The van der Waals surface area contributed by atoms with Crippen LogP contribution in [0.2, 0.25) is 0 Å². The van der Waals surface area contributed by atoms with E-state index in [1.165, 1.54) is 0 Å². The Kier molecular flexibility index (Phi) is 4.69. The van der Waals surface area contributed by atoms with Gasteiger partial charge < -0.3 is 20.9 Å². The highest BCUT2D eigenvalue weighted by molar-refractivity contribution is 6.14. The fraction of sp³-hybridized carbons (Fsp3) is 0.227. The van der Waals surface area contributed by atoms with Crippen LogP contribution >= 0.6 is 0 Å². The van der Waals surface area contributed by atoms with Crippen molar-refractivity contribution >= 4 is 33.7 Å². The number of anilines is 3. The van der Waals surface area contributed by atoms with Crippen LogP contribution in [0.15, 0.2) is 60.7 Å². The van der Waals surface area contributed by atoms with Crippen molar-refractivity contribution in [1.29, 1.82) is 0 Å². The van der Waals surface area contributed by atoms with E-state index in [-0.39, 0.29) is 5.91 Å². The minimum Gasteiger partial charge on any atom is -0.399 e. The number of hydrogen-bond donors (Lipinski definition) is 2. The summed E-state index contributed by atoms with van der Waals surface area (Å²) in [5, 5.41) is 5.09. The summed E-state index contributed by atoms with van der Waals surface area (Å²) in [4.78, 5) is 17.7. The first-order valence-electron chi connectivity index (χ1n) is 9.24. The molecule has 0 aromatic heterocycles. The highest BCUT2D eigenvalue weighted by Gasteiger charge is 2.19. The summed E-state index contributed by atoms with van der Waals surface area (Å²) < 4.78 is 0. The Labute approximate surface area is 159 Å². The predicted molar refractivity (Wildman–Crippen MR) is 112 cm³/mol. The van der Waals surface area contributed by atoms with Crippen LogP contribution in [0, 0.1) is 0 Å². The van der Waals surface area contributed by atoms with E-state index >= 15 is 0 Å². The maximum absolute atomic E-state index is 13.0. The Morgan fingerprint density at radius 1 is 0.963 bits per heavy atom. The molecule has 0 aliphatic carbocycles. The number of hydrogen-bond acceptors (Lipinski definition) is 4. The standard InChI is InChI=1S/C22H24N4O/c1-25-11-13-26(14-12-25)21-10-9-17(23)15-20(21)24-22(27)19-8-4-6-16-5-2-3-7-18(16)19/h2-10,15H,11-14,23H2,1H3,(H,24,27). The normalized spacial score (nSPS) is 15.1. The monoisotopic (exact) mass is 360 g/mol. The Bertz CT molecular complexity index is 972. The Balaban J connectivity index is 1.65. The van der Waals surface area contributed by atoms with Crippen LogP contribution in [0.3, 0.4) is 0 Å². The molecular formula is C22H24N4O. The van der Waals surface area contributed by atoms with Gasteiger partial charge in [-0.2, -0.15) is 0 Å². The average Bonchev–Trinajstić information content (AvgIpc) is 2.68. The minimum absolute atomic E-state index is 0.118. The molecule has 1 amide bonds. The molecule has 0 radical (unpaired) electrons. The predicted octanol–water partition coefficient (Wildman–Crippen LogP) is 3.43. The van der Waals surface area contributed by atoms with Gasteiger partial charge in [-0.1, -0.05) is 36.4 Å². The average molecular weight is 360 g/mol. The first-order valence-corrected chi connectivity index (χ1v) is 9.24. The number of nitrogen functional groups attached to an aromatic ring is 1. The van der Waals surface area contributed by atoms with Gasteiger partial charge in [-0.05, 0) is 42.1 Å². The second-order valence-electron chi connectivity index (χ2n) is 7.05. The van der Waals surface area contributed by atoms with Crippen LogP contribution in [-0.4, -0.2) is 44.0 Å². The van der Waals surface area contributed by atoms with Crippen molar-refractivity contribution in [3.63, 3.8) is 0 Å². The lowest BCUT2D eigenvalue weighted by molar-refractivity contribution is 0.102. The minimum atomic E-state index is -0.118. The van der Waals surface area contributed by atoms with Gasteiger partial charge in [0.15, 0.2) is 0 Å². The van der Waals surface area contributed by atoms with E-state index in [4.69, 9.17) is 5.73 Å². The number of nitrogens with zero attached hydrogens (tertiary/aromatic N) is 2. The van der Waals surface area contributed by atoms with Crippen molar-refractivity contribution < 1.29 is 4.79 Å². The molecule has 0 atom stereocenters. The number of carbonyl (C=O) groups is 1. The lowest BCUT2D eigenvalue weighted by Crippen LogP contribution is -2.44. The number of piperazine rings is 1. The van der Waals surface area contributed by atoms with Crippen LogP contribution < -0.4 is 16.0 Å². The van der Waals surface area contributed by atoms with Crippen LogP contribution in [0.5, 0.6) is 0 Å². The van der Waals surface area contributed by atoms with E-state index in [1.54, 1.807) is 0 Å². The van der Waals surface area contributed by atoms with Gasteiger partial charge in [-0.3, -0.25) is 4.79 Å². The van der Waals surface area contributed by atoms with Crippen LogP contribution in [-0.2, 0) is 0 Å². The number of nitrogens with one attached hydrogen (secondary N) is 1. The molecule has 1 heterocycles. The molecule has 1 fully saturated rings. The van der Waals surface area contributed by atoms with Crippen molar-refractivity contribution in [2.45, 2.75) is 0 Å². The molecule has 0 spiro atoms. The SMILES string of the molecule is CN1CCN(c2ccc(N)cc2NC(=O)c2cccc3ccccc23)CC1. The summed E-state index contributed by atoms with van der Waals surface area (Å²) in [7, 11) is 2.13. The van der Waals surface area contributed by atoms with Gasteiger partial charge in [0.2, 0.25) is 0 Å². The second kappa shape index (κ2) is 7.29. The van der Waals surface area contributed by atoms with Gasteiger partial charge in [0, 0.05) is 37.4 Å². The Hall–Kier alpha value is -3.05. The van der Waals surface area contributed by atoms with E-state index in [1.807, 2.05) is 60.7 Å². The lowest BCUT2D eigenvalue weighted by atomic mass is 10.0. The molecule has 1 saturated heterocycles. The van der Waals surface area contributed by atoms with E-state index in [0.717, 1.165) is 48.3 Å². The molecule has 1 aliphatic heterocycles. The molecule has 138 valence electrons. The quantitative estimate of drug-likeness (QED) is 0.703. The van der Waals surface area contributed by atoms with Crippen LogP contribution in [0.1, 0.15) is 10.4 Å². The number of likely N-dealkylation sites (N-methyl/N-ethyl adjacent to an activating group) is 1. The van der Waals surface area contributed by atoms with Crippen LogP contribution in [0.4, 0.5) is 17.1 Å². The van der Waals surface area contributed by atoms with Crippen molar-refractivity contribution in [3.8, 4) is 0 Å². The molecule has 4 rings (SSSR count). The maximum atomic E-state index is 13.0. The summed E-state index contributed by atoms with van der Waals surface area (Å²) in [5.74, 6) is -0.118. The summed E-state index contributed by atoms with van der Waals surface area (Å²) in [6, 6.07) is 19.5. The maximum Gasteiger partial charge on any atom is 0.256 e. The third-order valence-electron chi connectivity index (χ3n) is 5.15. The smallest absolute Gasteiger partial charge is 0.256 e. The van der Waals surface area contributed by atoms with Gasteiger partial charge in [0.05, 0.1) is 11.4 Å². The molecule has 5 heteroatoms. The molecule has 3 aromatic rings. The second-order valence-corrected chi connectivity index (χ2v) is 7.05. The molecule has 27 heavy (non-hydrogen) atoms. The molecule has 0 unspecified atom stereocenters. The van der Waals surface area contributed by atoms with Gasteiger partial charge >= 0.3 is 0 Å². The third-order valence-corrected chi connectivity index (χ3v) is 5.15. The summed E-state index contributed by atoms with van der Waals surface area (Å²) >= 11 is 0. The molecule has 3 aromatic carbocycles. The number of nitrogens with two attached hydrogens (primary N) is 1. The zero-order chi connectivity index (χ0) is 18.8.